The van der Waals surface area contributed by atoms with Crippen LogP contribution in [0.2, 0.25) is 5.02 Å². The summed E-state index contributed by atoms with van der Waals surface area (Å²) in [7, 11) is 0. The molecule has 0 spiro atoms. The number of aromatic amines is 1. The van der Waals surface area contributed by atoms with E-state index in [9.17, 15) is 4.79 Å². The number of halogens is 1. The van der Waals surface area contributed by atoms with Crippen LogP contribution in [-0.2, 0) is 23.2 Å². The Morgan fingerprint density at radius 2 is 1.92 bits per heavy atom. The number of benzene rings is 2. The SMILES string of the molecule is CCc1ccc2[nH]c(=O)c([C@@H](c3nnnn3C(C)(C)CC)N(Cc3ccc(Cl)cc3)C[C@@H]3CCCO3)cc2c1. The van der Waals surface area contributed by atoms with Gasteiger partial charge in [0, 0.05) is 35.8 Å². The van der Waals surface area contributed by atoms with E-state index in [2.05, 4.69) is 65.2 Å². The molecule has 0 amide bonds. The number of tetrazole rings is 1. The zero-order valence-corrected chi connectivity index (χ0v) is 23.9. The Hall–Kier alpha value is -3.07. The molecular formula is C30H37ClN6O2. The third-order valence-electron chi connectivity index (χ3n) is 7.94. The third kappa shape index (κ3) is 5.93. The largest absolute Gasteiger partial charge is 0.377 e. The number of fused-ring (bicyclic) bond motifs is 1. The summed E-state index contributed by atoms with van der Waals surface area (Å²) in [6.07, 6.45) is 3.81. The first-order chi connectivity index (χ1) is 18.8. The number of pyridine rings is 1. The van der Waals surface area contributed by atoms with Gasteiger partial charge in [0.05, 0.1) is 11.6 Å². The Labute approximate surface area is 234 Å². The van der Waals surface area contributed by atoms with Crippen molar-refractivity contribution in [1.29, 1.82) is 0 Å². The molecule has 1 aliphatic rings. The minimum absolute atomic E-state index is 0.0644. The van der Waals surface area contributed by atoms with Crippen LogP contribution in [0, 0.1) is 0 Å². The van der Waals surface area contributed by atoms with Crippen molar-refractivity contribution in [3.8, 4) is 0 Å². The van der Waals surface area contributed by atoms with Gasteiger partial charge < -0.3 is 9.72 Å². The summed E-state index contributed by atoms with van der Waals surface area (Å²) in [5.41, 5.74) is 3.25. The van der Waals surface area contributed by atoms with E-state index in [1.165, 1.54) is 5.56 Å². The van der Waals surface area contributed by atoms with Crippen molar-refractivity contribution in [2.24, 2.45) is 0 Å². The second-order valence-electron chi connectivity index (χ2n) is 11.0. The number of hydrogen-bond acceptors (Lipinski definition) is 6. The molecule has 39 heavy (non-hydrogen) atoms. The first-order valence-electron chi connectivity index (χ1n) is 13.8. The fraction of sp³-hybridized carbons (Fsp3) is 0.467. The van der Waals surface area contributed by atoms with Crippen LogP contribution >= 0.6 is 11.6 Å². The molecule has 1 fully saturated rings. The molecule has 3 heterocycles. The lowest BCUT2D eigenvalue weighted by Gasteiger charge is -2.34. The van der Waals surface area contributed by atoms with E-state index in [0.29, 0.717) is 29.5 Å². The minimum atomic E-state index is -0.496. The van der Waals surface area contributed by atoms with E-state index in [1.807, 2.05) is 41.1 Å². The standard InChI is InChI=1S/C30H37ClN6O2/c1-5-20-11-14-26-22(16-20)17-25(29(38)32-26)27(28-33-34-35-37(28)30(3,4)6-2)36(19-24-8-7-15-39-24)18-21-9-12-23(31)13-10-21/h9-14,16-17,24,27H,5-8,15,18-19H2,1-4H3,(H,32,38)/t24-,27-/m0/s1. The number of nitrogens with one attached hydrogen (secondary N) is 1. The Bertz CT molecular complexity index is 1470. The molecular weight excluding hydrogens is 512 g/mol. The van der Waals surface area contributed by atoms with E-state index in [1.54, 1.807) is 0 Å². The van der Waals surface area contributed by atoms with Crippen molar-refractivity contribution in [1.82, 2.24) is 30.1 Å². The van der Waals surface area contributed by atoms with Crippen LogP contribution in [0.5, 0.6) is 0 Å². The van der Waals surface area contributed by atoms with Crippen molar-refractivity contribution in [3.05, 3.63) is 86.4 Å². The highest BCUT2D eigenvalue weighted by Gasteiger charge is 2.36. The highest BCUT2D eigenvalue weighted by Crippen LogP contribution is 2.33. The molecule has 206 valence electrons. The molecule has 2 aromatic carbocycles. The van der Waals surface area contributed by atoms with Crippen molar-refractivity contribution < 1.29 is 4.74 Å². The molecule has 0 aliphatic carbocycles. The number of aromatic nitrogens is 5. The lowest BCUT2D eigenvalue weighted by Crippen LogP contribution is -2.41. The van der Waals surface area contributed by atoms with Crippen LogP contribution < -0.4 is 5.56 Å². The molecule has 8 nitrogen and oxygen atoms in total. The summed E-state index contributed by atoms with van der Waals surface area (Å²) in [5.74, 6) is 0.644. The lowest BCUT2D eigenvalue weighted by molar-refractivity contribution is 0.0562. The normalized spacial score (nSPS) is 16.8. The number of rotatable bonds is 10. The summed E-state index contributed by atoms with van der Waals surface area (Å²) in [6, 6.07) is 15.6. The molecule has 0 bridgehead atoms. The number of ether oxygens (including phenoxy) is 1. The Balaban J connectivity index is 1.70. The summed E-state index contributed by atoms with van der Waals surface area (Å²) >= 11 is 6.20. The van der Waals surface area contributed by atoms with Gasteiger partial charge in [-0.1, -0.05) is 43.6 Å². The number of aryl methyl sites for hydroxylation is 1. The van der Waals surface area contributed by atoms with E-state index >= 15 is 0 Å². The van der Waals surface area contributed by atoms with Gasteiger partial charge >= 0.3 is 0 Å². The lowest BCUT2D eigenvalue weighted by atomic mass is 9.98. The maximum absolute atomic E-state index is 13.8. The summed E-state index contributed by atoms with van der Waals surface area (Å²) < 4.78 is 7.97. The van der Waals surface area contributed by atoms with Crippen LogP contribution in [0.15, 0.2) is 53.3 Å². The van der Waals surface area contributed by atoms with E-state index in [0.717, 1.165) is 48.8 Å². The highest BCUT2D eigenvalue weighted by molar-refractivity contribution is 6.30. The van der Waals surface area contributed by atoms with Gasteiger partial charge in [-0.15, -0.1) is 5.10 Å². The van der Waals surface area contributed by atoms with Gasteiger partial charge in [0.2, 0.25) is 0 Å². The van der Waals surface area contributed by atoms with Crippen molar-refractivity contribution in [2.75, 3.05) is 13.2 Å². The Kier molecular flexibility index (Phi) is 8.16. The third-order valence-corrected chi connectivity index (χ3v) is 8.20. The van der Waals surface area contributed by atoms with Gasteiger partial charge in [0.1, 0.15) is 6.04 Å². The van der Waals surface area contributed by atoms with Crippen LogP contribution in [0.25, 0.3) is 10.9 Å². The van der Waals surface area contributed by atoms with Gasteiger partial charge in [0.25, 0.3) is 5.56 Å². The first kappa shape index (κ1) is 27.5. The number of nitrogens with zero attached hydrogens (tertiary/aromatic N) is 5. The van der Waals surface area contributed by atoms with Gasteiger partial charge in [-0.25, -0.2) is 4.68 Å². The molecule has 4 aromatic rings. The van der Waals surface area contributed by atoms with E-state index in [-0.39, 0.29) is 17.2 Å². The van der Waals surface area contributed by atoms with Gasteiger partial charge in [0.15, 0.2) is 5.82 Å². The van der Waals surface area contributed by atoms with Crippen LogP contribution in [0.3, 0.4) is 0 Å². The molecule has 2 aromatic heterocycles. The first-order valence-corrected chi connectivity index (χ1v) is 14.2. The topological polar surface area (TPSA) is 88.9 Å². The molecule has 1 saturated heterocycles. The molecule has 0 radical (unpaired) electrons. The zero-order valence-electron chi connectivity index (χ0n) is 23.2. The quantitative estimate of drug-likeness (QED) is 0.275. The smallest absolute Gasteiger partial charge is 0.253 e. The molecule has 5 rings (SSSR count). The van der Waals surface area contributed by atoms with E-state index in [4.69, 9.17) is 16.3 Å². The van der Waals surface area contributed by atoms with Gasteiger partial charge in [-0.3, -0.25) is 9.69 Å². The Morgan fingerprint density at radius 3 is 2.62 bits per heavy atom. The average Bonchev–Trinajstić information content (AvgIpc) is 3.63. The van der Waals surface area contributed by atoms with Gasteiger partial charge in [-0.05, 0) is 96.8 Å². The predicted octanol–water partition coefficient (Wildman–Crippen LogP) is 5.65. The van der Waals surface area contributed by atoms with Crippen LogP contribution in [0.1, 0.15) is 75.5 Å². The zero-order chi connectivity index (χ0) is 27.6. The summed E-state index contributed by atoms with van der Waals surface area (Å²) in [6.45, 7) is 10.5. The summed E-state index contributed by atoms with van der Waals surface area (Å²) in [4.78, 5) is 19.2. The maximum atomic E-state index is 13.8. The van der Waals surface area contributed by atoms with Crippen molar-refractivity contribution in [2.45, 2.75) is 77.6 Å². The molecule has 1 N–H and O–H groups in total. The molecule has 9 heteroatoms. The van der Waals surface area contributed by atoms with E-state index < -0.39 is 6.04 Å². The van der Waals surface area contributed by atoms with Crippen molar-refractivity contribution >= 4 is 22.5 Å². The number of hydrogen-bond donors (Lipinski definition) is 1. The second-order valence-corrected chi connectivity index (χ2v) is 11.5. The van der Waals surface area contributed by atoms with Gasteiger partial charge in [-0.2, -0.15) is 0 Å². The number of H-pyrrole nitrogens is 1. The van der Waals surface area contributed by atoms with Crippen LogP contribution in [0.4, 0.5) is 0 Å². The van der Waals surface area contributed by atoms with Crippen LogP contribution in [-0.4, -0.2) is 49.3 Å². The maximum Gasteiger partial charge on any atom is 0.253 e. The molecule has 0 saturated carbocycles. The minimum Gasteiger partial charge on any atom is -0.377 e. The highest BCUT2D eigenvalue weighted by atomic mass is 35.5. The summed E-state index contributed by atoms with van der Waals surface area (Å²) in [5, 5.41) is 14.8. The fourth-order valence-electron chi connectivity index (χ4n) is 5.28. The monoisotopic (exact) mass is 548 g/mol. The average molecular weight is 549 g/mol. The van der Waals surface area contributed by atoms with Crippen molar-refractivity contribution in [3.63, 3.8) is 0 Å². The fourth-order valence-corrected chi connectivity index (χ4v) is 5.40. The molecule has 1 aliphatic heterocycles. The molecule has 2 atom stereocenters. The second kappa shape index (κ2) is 11.6. The Morgan fingerprint density at radius 1 is 1.15 bits per heavy atom. The predicted molar refractivity (Wildman–Crippen MR) is 154 cm³/mol. The molecule has 0 unspecified atom stereocenters.